The number of hydrogen-bond donors (Lipinski definition) is 0. The number of ether oxygens (including phenoxy) is 1. The molecule has 0 unspecified atom stereocenters. The molecule has 0 spiro atoms. The van der Waals surface area contributed by atoms with E-state index in [0.717, 1.165) is 22.3 Å². The van der Waals surface area contributed by atoms with Crippen LogP contribution >= 0.6 is 0 Å². The molecule has 0 fully saturated rings. The number of rotatable bonds is 4. The second kappa shape index (κ2) is 9.14. The molecule has 0 bridgehead atoms. The molecule has 34 heavy (non-hydrogen) atoms. The lowest BCUT2D eigenvalue weighted by Gasteiger charge is -2.19. The third-order valence-electron chi connectivity index (χ3n) is 5.71. The molecule has 0 aliphatic rings. The highest BCUT2D eigenvalue weighted by atomic mass is 16.5. The molecule has 0 aliphatic carbocycles. The summed E-state index contributed by atoms with van der Waals surface area (Å²) < 4.78 is 11.7. The summed E-state index contributed by atoms with van der Waals surface area (Å²) in [5.41, 5.74) is 4.77. The third-order valence-corrected chi connectivity index (χ3v) is 5.71. The molecule has 0 aliphatic heterocycles. The van der Waals surface area contributed by atoms with Crippen LogP contribution in [0.25, 0.3) is 28.4 Å². The van der Waals surface area contributed by atoms with Crippen LogP contribution in [0.15, 0.2) is 82.0 Å². The van der Waals surface area contributed by atoms with Gasteiger partial charge in [0.1, 0.15) is 5.58 Å². The van der Waals surface area contributed by atoms with Crippen LogP contribution in [0.3, 0.4) is 0 Å². The first-order valence-corrected chi connectivity index (χ1v) is 11.3. The number of fused-ring (bicyclic) bond motifs is 1. The van der Waals surface area contributed by atoms with Crippen LogP contribution < -0.4 is 10.2 Å². The van der Waals surface area contributed by atoms with E-state index >= 15 is 0 Å². The van der Waals surface area contributed by atoms with E-state index in [2.05, 4.69) is 20.8 Å². The van der Waals surface area contributed by atoms with Gasteiger partial charge in [0, 0.05) is 11.6 Å². The SMILES string of the molecule is Cc1ccc(/C=C/C(=O)Oc2c(-c3ccc(C(C)(C)C)cc3)oc3ccc(C)cc3c2=O)cc1. The molecule has 0 radical (unpaired) electrons. The second-order valence-corrected chi connectivity index (χ2v) is 9.58. The van der Waals surface area contributed by atoms with E-state index in [-0.39, 0.29) is 22.4 Å². The van der Waals surface area contributed by atoms with E-state index in [0.29, 0.717) is 16.5 Å². The Balaban J connectivity index is 1.77. The highest BCUT2D eigenvalue weighted by Crippen LogP contribution is 2.33. The summed E-state index contributed by atoms with van der Waals surface area (Å²) in [6.45, 7) is 10.3. The van der Waals surface area contributed by atoms with E-state index in [4.69, 9.17) is 9.15 Å². The van der Waals surface area contributed by atoms with Gasteiger partial charge in [-0.2, -0.15) is 0 Å². The Bertz CT molecular complexity index is 1430. The van der Waals surface area contributed by atoms with Gasteiger partial charge in [-0.1, -0.05) is 86.5 Å². The van der Waals surface area contributed by atoms with Crippen molar-refractivity contribution in [1.82, 2.24) is 0 Å². The van der Waals surface area contributed by atoms with Crippen LogP contribution in [-0.2, 0) is 10.2 Å². The Morgan fingerprint density at radius 1 is 0.882 bits per heavy atom. The van der Waals surface area contributed by atoms with Crippen LogP contribution in [0.4, 0.5) is 0 Å². The fourth-order valence-electron chi connectivity index (χ4n) is 3.67. The summed E-state index contributed by atoms with van der Waals surface area (Å²) in [5, 5.41) is 0.375. The smallest absolute Gasteiger partial charge is 0.336 e. The number of carbonyl (C=O) groups excluding carboxylic acids is 1. The maximum absolute atomic E-state index is 13.4. The summed E-state index contributed by atoms with van der Waals surface area (Å²) in [5.74, 6) is -0.522. The Hall–Kier alpha value is -3.92. The molecule has 1 aromatic heterocycles. The van der Waals surface area contributed by atoms with Gasteiger partial charge in [0.2, 0.25) is 11.2 Å². The second-order valence-electron chi connectivity index (χ2n) is 9.58. The summed E-state index contributed by atoms with van der Waals surface area (Å²) >= 11 is 0. The maximum Gasteiger partial charge on any atom is 0.336 e. The number of aryl methyl sites for hydroxylation is 2. The lowest BCUT2D eigenvalue weighted by molar-refractivity contribution is -0.129. The van der Waals surface area contributed by atoms with Crippen molar-refractivity contribution < 1.29 is 13.9 Å². The van der Waals surface area contributed by atoms with Crippen molar-refractivity contribution >= 4 is 23.0 Å². The zero-order chi connectivity index (χ0) is 24.5. The van der Waals surface area contributed by atoms with Gasteiger partial charge < -0.3 is 9.15 Å². The van der Waals surface area contributed by atoms with Crippen molar-refractivity contribution in [2.24, 2.45) is 0 Å². The van der Waals surface area contributed by atoms with Crippen molar-refractivity contribution in [3.8, 4) is 17.1 Å². The van der Waals surface area contributed by atoms with Crippen LogP contribution in [-0.4, -0.2) is 5.97 Å². The Morgan fingerprint density at radius 2 is 1.53 bits per heavy atom. The Kier molecular flexibility index (Phi) is 6.25. The molecule has 172 valence electrons. The molecular formula is C30H28O4. The number of hydrogen-bond acceptors (Lipinski definition) is 4. The lowest BCUT2D eigenvalue weighted by Crippen LogP contribution is -2.14. The first-order chi connectivity index (χ1) is 16.1. The summed E-state index contributed by atoms with van der Waals surface area (Å²) in [4.78, 5) is 26.1. The van der Waals surface area contributed by atoms with Crippen LogP contribution in [0.2, 0.25) is 0 Å². The molecular weight excluding hydrogens is 424 g/mol. The minimum Gasteiger partial charge on any atom is -0.452 e. The van der Waals surface area contributed by atoms with Crippen molar-refractivity contribution in [2.75, 3.05) is 0 Å². The molecule has 0 N–H and O–H groups in total. The van der Waals surface area contributed by atoms with Crippen LogP contribution in [0.1, 0.15) is 43.0 Å². The zero-order valence-electron chi connectivity index (χ0n) is 20.1. The number of benzene rings is 3. The summed E-state index contributed by atoms with van der Waals surface area (Å²) in [6, 6.07) is 20.9. The van der Waals surface area contributed by atoms with Gasteiger partial charge >= 0.3 is 5.97 Å². The molecule has 3 aromatic carbocycles. The van der Waals surface area contributed by atoms with E-state index in [1.807, 2.05) is 68.4 Å². The van der Waals surface area contributed by atoms with Crippen LogP contribution in [0.5, 0.6) is 5.75 Å². The highest BCUT2D eigenvalue weighted by Gasteiger charge is 2.21. The Labute approximate surface area is 199 Å². The molecule has 4 aromatic rings. The predicted molar refractivity (Wildman–Crippen MR) is 137 cm³/mol. The van der Waals surface area contributed by atoms with E-state index in [1.54, 1.807) is 18.2 Å². The molecule has 0 saturated heterocycles. The average Bonchev–Trinajstić information content (AvgIpc) is 2.80. The van der Waals surface area contributed by atoms with Gasteiger partial charge in [-0.05, 0) is 48.6 Å². The molecule has 4 rings (SSSR count). The van der Waals surface area contributed by atoms with Gasteiger partial charge in [-0.15, -0.1) is 0 Å². The average molecular weight is 453 g/mol. The standard InChI is InChI=1S/C30H28O4/c1-19-6-9-21(10-7-19)11-17-26(31)34-29-27(32)24-18-20(2)8-16-25(24)33-28(29)22-12-14-23(15-13-22)30(3,4)5/h6-18H,1-5H3/b17-11+. The molecule has 4 nitrogen and oxygen atoms in total. The quantitative estimate of drug-likeness (QED) is 0.247. The fourth-order valence-corrected chi connectivity index (χ4v) is 3.67. The predicted octanol–water partition coefficient (Wildman–Crippen LogP) is 6.99. The van der Waals surface area contributed by atoms with Crippen molar-refractivity contribution in [1.29, 1.82) is 0 Å². The summed E-state index contributed by atoms with van der Waals surface area (Å²) in [6.07, 6.45) is 2.98. The molecule has 4 heteroatoms. The third kappa shape index (κ3) is 5.01. The summed E-state index contributed by atoms with van der Waals surface area (Å²) in [7, 11) is 0. The van der Waals surface area contributed by atoms with Gasteiger partial charge in [0.15, 0.2) is 5.76 Å². The monoisotopic (exact) mass is 452 g/mol. The van der Waals surface area contributed by atoms with E-state index < -0.39 is 5.97 Å². The van der Waals surface area contributed by atoms with E-state index in [1.165, 1.54) is 6.08 Å². The maximum atomic E-state index is 13.4. The Morgan fingerprint density at radius 3 is 2.18 bits per heavy atom. The van der Waals surface area contributed by atoms with Crippen molar-refractivity contribution in [2.45, 2.75) is 40.0 Å². The minimum absolute atomic E-state index is 0.0175. The lowest BCUT2D eigenvalue weighted by atomic mass is 9.86. The zero-order valence-corrected chi connectivity index (χ0v) is 20.1. The topological polar surface area (TPSA) is 56.5 Å². The largest absolute Gasteiger partial charge is 0.452 e. The van der Waals surface area contributed by atoms with Crippen molar-refractivity contribution in [3.05, 3.63) is 105 Å². The first-order valence-electron chi connectivity index (χ1n) is 11.3. The van der Waals surface area contributed by atoms with Crippen molar-refractivity contribution in [3.63, 3.8) is 0 Å². The molecule has 0 atom stereocenters. The van der Waals surface area contributed by atoms with Crippen LogP contribution in [0, 0.1) is 13.8 Å². The molecule has 0 amide bonds. The molecule has 1 heterocycles. The van der Waals surface area contributed by atoms with Gasteiger partial charge in [-0.3, -0.25) is 4.79 Å². The van der Waals surface area contributed by atoms with Gasteiger partial charge in [0.25, 0.3) is 0 Å². The normalized spacial score (nSPS) is 11.8. The first kappa shape index (κ1) is 23.2. The van der Waals surface area contributed by atoms with E-state index in [9.17, 15) is 9.59 Å². The molecule has 0 saturated carbocycles. The number of esters is 1. The van der Waals surface area contributed by atoms with Gasteiger partial charge in [-0.25, -0.2) is 4.79 Å². The fraction of sp³-hybridized carbons (Fsp3) is 0.200. The highest BCUT2D eigenvalue weighted by molar-refractivity contribution is 5.91. The van der Waals surface area contributed by atoms with Gasteiger partial charge in [0.05, 0.1) is 5.39 Å². The minimum atomic E-state index is -0.646. The number of carbonyl (C=O) groups is 1.